The van der Waals surface area contributed by atoms with E-state index in [2.05, 4.69) is 0 Å². The minimum Gasteiger partial charge on any atom is -0.377 e. The van der Waals surface area contributed by atoms with E-state index < -0.39 is 5.82 Å². The van der Waals surface area contributed by atoms with Gasteiger partial charge in [0.25, 0.3) is 5.56 Å². The van der Waals surface area contributed by atoms with Gasteiger partial charge in [-0.3, -0.25) is 9.36 Å². The molecule has 0 N–H and O–H groups in total. The SMILES string of the molecule is CO[C@@H]1CN(c2cc3c(=O)n4c(nc3c(-c3ccc(Cl)cc3F)n2)CCC4)C[C@H]1OC(C)(C)C. The summed E-state index contributed by atoms with van der Waals surface area (Å²) in [6.45, 7) is 7.73. The van der Waals surface area contributed by atoms with E-state index in [0.29, 0.717) is 59.3 Å². The average Bonchev–Trinajstić information content (AvgIpc) is 3.39. The monoisotopic (exact) mass is 486 g/mol. The number of rotatable bonds is 4. The van der Waals surface area contributed by atoms with Crippen LogP contribution < -0.4 is 10.5 Å². The molecule has 1 fully saturated rings. The highest BCUT2D eigenvalue weighted by Gasteiger charge is 2.37. The van der Waals surface area contributed by atoms with Crippen LogP contribution in [0.4, 0.5) is 10.2 Å². The molecule has 2 atom stereocenters. The molecule has 1 aromatic carbocycles. The molecule has 0 aliphatic carbocycles. The van der Waals surface area contributed by atoms with Crippen molar-refractivity contribution in [2.24, 2.45) is 0 Å². The smallest absolute Gasteiger partial charge is 0.261 e. The number of halogens is 2. The number of methoxy groups -OCH3 is 1. The van der Waals surface area contributed by atoms with Crippen LogP contribution in [0.2, 0.25) is 5.02 Å². The summed E-state index contributed by atoms with van der Waals surface area (Å²) < 4.78 is 28.7. The van der Waals surface area contributed by atoms with Crippen LogP contribution in [-0.4, -0.2) is 52.5 Å². The van der Waals surface area contributed by atoms with Gasteiger partial charge in [-0.2, -0.15) is 0 Å². The Morgan fingerprint density at radius 1 is 1.15 bits per heavy atom. The van der Waals surface area contributed by atoms with Crippen LogP contribution >= 0.6 is 11.6 Å². The predicted octanol–water partition coefficient (Wildman–Crippen LogP) is 4.22. The van der Waals surface area contributed by atoms with Crippen molar-refractivity contribution in [1.29, 1.82) is 0 Å². The third-order valence-electron chi connectivity index (χ3n) is 6.32. The van der Waals surface area contributed by atoms with E-state index in [4.69, 9.17) is 31.0 Å². The van der Waals surface area contributed by atoms with E-state index in [1.807, 2.05) is 25.7 Å². The maximum absolute atomic E-state index is 15.0. The Bertz CT molecular complexity index is 1320. The summed E-state index contributed by atoms with van der Waals surface area (Å²) in [5.41, 5.74) is 0.545. The molecular weight excluding hydrogens is 459 g/mol. The summed E-state index contributed by atoms with van der Waals surface area (Å²) >= 11 is 5.99. The second kappa shape index (κ2) is 8.59. The Morgan fingerprint density at radius 2 is 1.91 bits per heavy atom. The molecule has 0 saturated carbocycles. The molecule has 0 unspecified atom stereocenters. The van der Waals surface area contributed by atoms with Gasteiger partial charge in [0.2, 0.25) is 0 Å². The molecule has 2 aromatic heterocycles. The molecule has 0 bridgehead atoms. The zero-order valence-corrected chi connectivity index (χ0v) is 20.5. The standard InChI is InChI=1S/C25H28ClFN4O3/c1-25(2,3)34-19-13-30(12-18(19)33-4)21-11-16-23(28-20-6-5-9-31(20)24(16)32)22(29-21)15-8-7-14(26)10-17(15)27/h7-8,10-11,18-19H,5-6,9,12-13H2,1-4H3/t18-,19-/m1/s1. The number of ether oxygens (including phenoxy) is 2. The summed E-state index contributed by atoms with van der Waals surface area (Å²) in [7, 11) is 1.66. The Hall–Kier alpha value is -2.55. The number of hydrogen-bond acceptors (Lipinski definition) is 6. The molecule has 7 nitrogen and oxygen atoms in total. The third-order valence-corrected chi connectivity index (χ3v) is 6.56. The van der Waals surface area contributed by atoms with E-state index >= 15 is 4.39 Å². The Balaban J connectivity index is 1.67. The largest absolute Gasteiger partial charge is 0.377 e. The fourth-order valence-electron chi connectivity index (χ4n) is 4.83. The Kier molecular flexibility index (Phi) is 5.86. The van der Waals surface area contributed by atoms with E-state index in [1.165, 1.54) is 6.07 Å². The molecule has 5 rings (SSSR count). The lowest BCUT2D eigenvalue weighted by Gasteiger charge is -2.27. The molecule has 0 spiro atoms. The summed E-state index contributed by atoms with van der Waals surface area (Å²) in [6, 6.07) is 6.22. The molecule has 9 heteroatoms. The number of aromatic nitrogens is 3. The fourth-order valence-corrected chi connectivity index (χ4v) is 4.98. The van der Waals surface area contributed by atoms with Crippen molar-refractivity contribution in [3.63, 3.8) is 0 Å². The maximum Gasteiger partial charge on any atom is 0.261 e. The van der Waals surface area contributed by atoms with Gasteiger partial charge in [-0.15, -0.1) is 0 Å². The fraction of sp³-hybridized carbons (Fsp3) is 0.480. The van der Waals surface area contributed by atoms with Crippen LogP contribution in [-0.2, 0) is 22.4 Å². The van der Waals surface area contributed by atoms with Gasteiger partial charge in [-0.25, -0.2) is 14.4 Å². The second-order valence-electron chi connectivity index (χ2n) is 9.89. The normalized spacial score (nSPS) is 20.4. The van der Waals surface area contributed by atoms with Crippen molar-refractivity contribution in [3.05, 3.63) is 51.3 Å². The van der Waals surface area contributed by atoms with Crippen molar-refractivity contribution in [2.75, 3.05) is 25.1 Å². The lowest BCUT2D eigenvalue weighted by molar-refractivity contribution is -0.0989. The maximum atomic E-state index is 15.0. The zero-order chi connectivity index (χ0) is 24.2. The van der Waals surface area contributed by atoms with Gasteiger partial charge in [-0.05, 0) is 51.5 Å². The number of hydrogen-bond donors (Lipinski definition) is 0. The molecule has 0 amide bonds. The van der Waals surface area contributed by atoms with E-state index in [-0.39, 0.29) is 28.9 Å². The predicted molar refractivity (Wildman–Crippen MR) is 130 cm³/mol. The topological polar surface area (TPSA) is 69.5 Å². The van der Waals surface area contributed by atoms with Crippen LogP contribution in [0.25, 0.3) is 22.2 Å². The van der Waals surface area contributed by atoms with E-state index in [9.17, 15) is 4.79 Å². The van der Waals surface area contributed by atoms with Gasteiger partial charge in [0, 0.05) is 43.8 Å². The van der Waals surface area contributed by atoms with E-state index in [0.717, 1.165) is 6.42 Å². The van der Waals surface area contributed by atoms with Crippen LogP contribution in [0.5, 0.6) is 0 Å². The first kappa shape index (κ1) is 23.2. The highest BCUT2D eigenvalue weighted by Crippen LogP contribution is 2.33. The van der Waals surface area contributed by atoms with Gasteiger partial charge >= 0.3 is 0 Å². The quantitative estimate of drug-likeness (QED) is 0.550. The summed E-state index contributed by atoms with van der Waals surface area (Å²) in [5.74, 6) is 0.768. The van der Waals surface area contributed by atoms with E-state index in [1.54, 1.807) is 29.9 Å². The summed E-state index contributed by atoms with van der Waals surface area (Å²) in [5, 5.41) is 0.717. The number of fused-ring (bicyclic) bond motifs is 2. The molecule has 0 radical (unpaired) electrons. The van der Waals surface area contributed by atoms with Crippen LogP contribution in [0.15, 0.2) is 29.1 Å². The van der Waals surface area contributed by atoms with Crippen molar-refractivity contribution < 1.29 is 13.9 Å². The first-order chi connectivity index (χ1) is 16.1. The summed E-state index contributed by atoms with van der Waals surface area (Å²) in [4.78, 5) is 25.0. The minimum absolute atomic E-state index is 0.123. The number of pyridine rings is 1. The highest BCUT2D eigenvalue weighted by molar-refractivity contribution is 6.30. The molecule has 34 heavy (non-hydrogen) atoms. The molecule has 180 valence electrons. The molecule has 2 aliphatic rings. The number of aryl methyl sites for hydroxylation is 1. The van der Waals surface area contributed by atoms with Gasteiger partial charge in [-0.1, -0.05) is 11.6 Å². The van der Waals surface area contributed by atoms with Crippen LogP contribution in [0.1, 0.15) is 33.0 Å². The number of benzene rings is 1. The number of nitrogens with zero attached hydrogens (tertiary/aromatic N) is 4. The number of anilines is 1. The second-order valence-corrected chi connectivity index (χ2v) is 10.3. The molecule has 4 heterocycles. The lowest BCUT2D eigenvalue weighted by atomic mass is 10.1. The first-order valence-corrected chi connectivity index (χ1v) is 11.9. The highest BCUT2D eigenvalue weighted by atomic mass is 35.5. The third kappa shape index (κ3) is 4.19. The van der Waals surface area contributed by atoms with Gasteiger partial charge in [0.15, 0.2) is 0 Å². The minimum atomic E-state index is -0.508. The zero-order valence-electron chi connectivity index (χ0n) is 19.8. The summed E-state index contributed by atoms with van der Waals surface area (Å²) in [6.07, 6.45) is 1.24. The molecule has 2 aliphatic heterocycles. The van der Waals surface area contributed by atoms with Crippen molar-refractivity contribution >= 4 is 28.3 Å². The Labute approximate surface area is 202 Å². The van der Waals surface area contributed by atoms with Crippen molar-refractivity contribution in [2.45, 2.75) is 58.0 Å². The van der Waals surface area contributed by atoms with Gasteiger partial charge in [0.05, 0.1) is 11.0 Å². The Morgan fingerprint density at radius 3 is 2.62 bits per heavy atom. The van der Waals surface area contributed by atoms with Crippen molar-refractivity contribution in [1.82, 2.24) is 14.5 Å². The van der Waals surface area contributed by atoms with Crippen LogP contribution in [0, 0.1) is 5.82 Å². The lowest BCUT2D eigenvalue weighted by Crippen LogP contribution is -2.36. The van der Waals surface area contributed by atoms with Crippen LogP contribution in [0.3, 0.4) is 0 Å². The molecule has 1 saturated heterocycles. The average molecular weight is 487 g/mol. The molecule has 3 aromatic rings. The van der Waals surface area contributed by atoms with Gasteiger partial charge in [0.1, 0.15) is 40.9 Å². The van der Waals surface area contributed by atoms with Gasteiger partial charge < -0.3 is 14.4 Å². The van der Waals surface area contributed by atoms with Crippen molar-refractivity contribution in [3.8, 4) is 11.3 Å². The first-order valence-electron chi connectivity index (χ1n) is 11.5. The molecular formula is C25H28ClFN4O3.